The lowest BCUT2D eigenvalue weighted by atomic mass is 10.0. The molecule has 0 unspecified atom stereocenters. The van der Waals surface area contributed by atoms with Crippen LogP contribution in [0, 0.1) is 17.2 Å². The van der Waals surface area contributed by atoms with Gasteiger partial charge in [-0.25, -0.2) is 9.78 Å². The van der Waals surface area contributed by atoms with E-state index in [9.17, 15) is 9.59 Å². The minimum Gasteiger partial charge on any atom is -0.467 e. The second kappa shape index (κ2) is 7.36. The Morgan fingerprint density at radius 1 is 1.30 bits per heavy atom. The molecule has 0 saturated carbocycles. The number of amides is 1. The highest BCUT2D eigenvalue weighted by Crippen LogP contribution is 2.13. The summed E-state index contributed by atoms with van der Waals surface area (Å²) in [6, 6.07) is 12.0. The van der Waals surface area contributed by atoms with Gasteiger partial charge in [0.2, 0.25) is 0 Å². The number of carbonyl (C=O) groups is 2. The van der Waals surface area contributed by atoms with Crippen molar-refractivity contribution in [3.63, 3.8) is 0 Å². The summed E-state index contributed by atoms with van der Waals surface area (Å²) < 4.78 is 4.68. The van der Waals surface area contributed by atoms with E-state index in [1.165, 1.54) is 7.11 Å². The molecule has 0 fully saturated rings. The molecule has 23 heavy (non-hydrogen) atoms. The Kier molecular flexibility index (Phi) is 5.26. The normalized spacial score (nSPS) is 12.9. The number of carbonyl (C=O) groups excluding carboxylic acids is 2. The maximum absolute atomic E-state index is 12.3. The number of rotatable bonds is 5. The van der Waals surface area contributed by atoms with E-state index in [0.717, 1.165) is 5.39 Å². The molecule has 0 aliphatic heterocycles. The lowest BCUT2D eigenvalue weighted by Gasteiger charge is -2.17. The zero-order valence-electron chi connectivity index (χ0n) is 12.9. The van der Waals surface area contributed by atoms with Gasteiger partial charge in [-0.05, 0) is 25.5 Å². The first kappa shape index (κ1) is 16.4. The van der Waals surface area contributed by atoms with Crippen LogP contribution in [-0.2, 0) is 9.53 Å². The van der Waals surface area contributed by atoms with E-state index in [1.807, 2.05) is 30.3 Å². The second-order valence-electron chi connectivity index (χ2n) is 5.20. The van der Waals surface area contributed by atoms with Gasteiger partial charge in [0.05, 0.1) is 18.7 Å². The van der Waals surface area contributed by atoms with Gasteiger partial charge in [0.15, 0.2) is 0 Å². The minimum atomic E-state index is -0.879. The Morgan fingerprint density at radius 3 is 2.74 bits per heavy atom. The van der Waals surface area contributed by atoms with Crippen LogP contribution in [0.15, 0.2) is 36.4 Å². The number of nitriles is 1. The lowest BCUT2D eigenvalue weighted by Crippen LogP contribution is -2.42. The standard InChI is InChI=1S/C17H17N3O3/c1-11(10-18)9-15(17(22)23-2)20-16(21)14-8-7-12-5-3-4-6-13(12)19-14/h3-8,11,15H,9H2,1-2H3,(H,20,21)/t11-,15+/m1/s1. The molecule has 1 heterocycles. The Hall–Kier alpha value is -2.94. The van der Waals surface area contributed by atoms with Crippen LogP contribution in [-0.4, -0.2) is 30.0 Å². The predicted octanol–water partition coefficient (Wildman–Crippen LogP) is 2.06. The van der Waals surface area contributed by atoms with Crippen molar-refractivity contribution in [1.82, 2.24) is 10.3 Å². The van der Waals surface area contributed by atoms with Gasteiger partial charge in [0.1, 0.15) is 11.7 Å². The smallest absolute Gasteiger partial charge is 0.328 e. The zero-order valence-corrected chi connectivity index (χ0v) is 12.9. The van der Waals surface area contributed by atoms with E-state index in [1.54, 1.807) is 19.1 Å². The fourth-order valence-corrected chi connectivity index (χ4v) is 2.19. The van der Waals surface area contributed by atoms with Crippen molar-refractivity contribution in [1.29, 1.82) is 5.26 Å². The molecule has 0 bridgehead atoms. The lowest BCUT2D eigenvalue weighted by molar-refractivity contribution is -0.143. The average molecular weight is 311 g/mol. The molecule has 0 saturated heterocycles. The second-order valence-corrected chi connectivity index (χ2v) is 5.20. The molecular weight excluding hydrogens is 294 g/mol. The maximum Gasteiger partial charge on any atom is 0.328 e. The summed E-state index contributed by atoms with van der Waals surface area (Å²) in [5, 5.41) is 12.4. The molecule has 2 aromatic rings. The van der Waals surface area contributed by atoms with Crippen LogP contribution in [0.3, 0.4) is 0 Å². The fourth-order valence-electron chi connectivity index (χ4n) is 2.19. The van der Waals surface area contributed by atoms with Crippen molar-refractivity contribution in [2.24, 2.45) is 5.92 Å². The molecule has 0 aliphatic rings. The molecule has 118 valence electrons. The fraction of sp³-hybridized carbons (Fsp3) is 0.294. The van der Waals surface area contributed by atoms with Crippen LogP contribution in [0.1, 0.15) is 23.8 Å². The molecule has 6 heteroatoms. The molecule has 0 spiro atoms. The van der Waals surface area contributed by atoms with E-state index in [-0.39, 0.29) is 18.0 Å². The van der Waals surface area contributed by atoms with Crippen LogP contribution >= 0.6 is 0 Å². The van der Waals surface area contributed by atoms with Crippen molar-refractivity contribution in [3.05, 3.63) is 42.1 Å². The van der Waals surface area contributed by atoms with Crippen LogP contribution in [0.2, 0.25) is 0 Å². The van der Waals surface area contributed by atoms with Gasteiger partial charge in [0.25, 0.3) is 5.91 Å². The molecule has 0 radical (unpaired) electrons. The number of para-hydroxylation sites is 1. The minimum absolute atomic E-state index is 0.183. The molecule has 1 aromatic carbocycles. The van der Waals surface area contributed by atoms with Gasteiger partial charge >= 0.3 is 5.97 Å². The molecule has 1 amide bonds. The maximum atomic E-state index is 12.3. The zero-order chi connectivity index (χ0) is 16.8. The van der Waals surface area contributed by atoms with Gasteiger partial charge in [-0.2, -0.15) is 5.26 Å². The SMILES string of the molecule is COC(=O)[C@H](C[C@@H](C)C#N)NC(=O)c1ccc2ccccc2n1. The first-order valence-corrected chi connectivity index (χ1v) is 7.19. The third kappa shape index (κ3) is 4.04. The quantitative estimate of drug-likeness (QED) is 0.853. The van der Waals surface area contributed by atoms with E-state index < -0.39 is 17.9 Å². The van der Waals surface area contributed by atoms with E-state index in [2.05, 4.69) is 15.0 Å². The number of pyridine rings is 1. The highest BCUT2D eigenvalue weighted by Gasteiger charge is 2.24. The topological polar surface area (TPSA) is 92.1 Å². The van der Waals surface area contributed by atoms with Gasteiger partial charge in [-0.3, -0.25) is 4.79 Å². The molecule has 2 rings (SSSR count). The van der Waals surface area contributed by atoms with Crippen LogP contribution in [0.4, 0.5) is 0 Å². The molecule has 1 N–H and O–H groups in total. The first-order chi connectivity index (χ1) is 11.0. The third-order valence-electron chi connectivity index (χ3n) is 3.43. The van der Waals surface area contributed by atoms with Crippen molar-refractivity contribution in [2.75, 3.05) is 7.11 Å². The first-order valence-electron chi connectivity index (χ1n) is 7.19. The summed E-state index contributed by atoms with van der Waals surface area (Å²) in [6.45, 7) is 1.68. The van der Waals surface area contributed by atoms with Crippen molar-refractivity contribution < 1.29 is 14.3 Å². The number of nitrogens with zero attached hydrogens (tertiary/aromatic N) is 2. The summed E-state index contributed by atoms with van der Waals surface area (Å²) in [4.78, 5) is 28.4. The number of hydrogen-bond donors (Lipinski definition) is 1. The van der Waals surface area contributed by atoms with Crippen LogP contribution in [0.5, 0.6) is 0 Å². The largest absolute Gasteiger partial charge is 0.467 e. The number of nitrogens with one attached hydrogen (secondary N) is 1. The highest BCUT2D eigenvalue weighted by molar-refractivity contribution is 5.97. The monoisotopic (exact) mass is 311 g/mol. The van der Waals surface area contributed by atoms with Crippen LogP contribution < -0.4 is 5.32 Å². The number of fused-ring (bicyclic) bond motifs is 1. The van der Waals surface area contributed by atoms with Gasteiger partial charge in [0, 0.05) is 11.3 Å². The number of ether oxygens (including phenoxy) is 1. The van der Waals surface area contributed by atoms with Gasteiger partial charge < -0.3 is 10.1 Å². The molecule has 0 aliphatic carbocycles. The van der Waals surface area contributed by atoms with E-state index in [4.69, 9.17) is 5.26 Å². The van der Waals surface area contributed by atoms with Crippen molar-refractivity contribution in [2.45, 2.75) is 19.4 Å². The molecular formula is C17H17N3O3. The Bertz CT molecular complexity index is 767. The summed E-state index contributed by atoms with van der Waals surface area (Å²) in [7, 11) is 1.24. The van der Waals surface area contributed by atoms with E-state index >= 15 is 0 Å². The number of benzene rings is 1. The molecule has 1 aromatic heterocycles. The van der Waals surface area contributed by atoms with E-state index in [0.29, 0.717) is 5.52 Å². The van der Waals surface area contributed by atoms with Crippen LogP contribution in [0.25, 0.3) is 10.9 Å². The summed E-state index contributed by atoms with van der Waals surface area (Å²) >= 11 is 0. The Labute approximate surface area is 134 Å². The average Bonchev–Trinajstić information content (AvgIpc) is 2.59. The highest BCUT2D eigenvalue weighted by atomic mass is 16.5. The summed E-state index contributed by atoms with van der Waals surface area (Å²) in [6.07, 6.45) is 0.183. The molecule has 2 atom stereocenters. The van der Waals surface area contributed by atoms with Crippen molar-refractivity contribution >= 4 is 22.8 Å². The van der Waals surface area contributed by atoms with Gasteiger partial charge in [-0.15, -0.1) is 0 Å². The summed E-state index contributed by atoms with van der Waals surface area (Å²) in [5.41, 5.74) is 0.905. The Morgan fingerprint density at radius 2 is 2.04 bits per heavy atom. The number of methoxy groups -OCH3 is 1. The number of aromatic nitrogens is 1. The third-order valence-corrected chi connectivity index (χ3v) is 3.43. The van der Waals surface area contributed by atoms with Crippen molar-refractivity contribution in [3.8, 4) is 6.07 Å². The van der Waals surface area contributed by atoms with Gasteiger partial charge in [-0.1, -0.05) is 24.3 Å². The summed E-state index contributed by atoms with van der Waals surface area (Å²) in [5.74, 6) is -1.44. The predicted molar refractivity (Wildman–Crippen MR) is 84.4 cm³/mol. The molecule has 6 nitrogen and oxygen atoms in total. The number of hydrogen-bond acceptors (Lipinski definition) is 5. The number of esters is 1. The Balaban J connectivity index is 2.19.